The van der Waals surface area contributed by atoms with E-state index in [9.17, 15) is 34.8 Å². The topological polar surface area (TPSA) is 172 Å². The van der Waals surface area contributed by atoms with Crippen molar-refractivity contribution >= 4 is 29.7 Å². The van der Waals surface area contributed by atoms with Gasteiger partial charge in [-0.05, 0) is 68.6 Å². The molecule has 0 radical (unpaired) electrons. The van der Waals surface area contributed by atoms with E-state index < -0.39 is 54.0 Å². The van der Waals surface area contributed by atoms with Crippen LogP contribution in [0.25, 0.3) is 12.2 Å². The molecule has 2 fully saturated rings. The van der Waals surface area contributed by atoms with Crippen LogP contribution >= 0.6 is 0 Å². The molecule has 5 N–H and O–H groups in total. The smallest absolute Gasteiger partial charge is 0.308 e. The zero-order valence-electron chi connectivity index (χ0n) is 25.3. The van der Waals surface area contributed by atoms with Crippen molar-refractivity contribution in [3.05, 3.63) is 87.5 Å². The molecule has 2 saturated heterocycles. The molecule has 3 aromatic carbocycles. The number of hydrogen-bond donors (Lipinski definition) is 5. The van der Waals surface area contributed by atoms with Gasteiger partial charge < -0.3 is 40.0 Å². The van der Waals surface area contributed by atoms with Crippen molar-refractivity contribution < 1.29 is 49.0 Å². The number of fused-ring (bicyclic) bond motifs is 2. The van der Waals surface area contributed by atoms with Crippen molar-refractivity contribution in [1.82, 2.24) is 5.32 Å². The maximum Gasteiger partial charge on any atom is 0.308 e. The third kappa shape index (κ3) is 5.72. The highest BCUT2D eigenvalue weighted by molar-refractivity contribution is 6.31. The molecule has 46 heavy (non-hydrogen) atoms. The first-order valence-electron chi connectivity index (χ1n) is 15.2. The van der Waals surface area contributed by atoms with Crippen LogP contribution in [0.4, 0.5) is 0 Å². The summed E-state index contributed by atoms with van der Waals surface area (Å²) < 4.78 is 17.2. The Bertz CT molecular complexity index is 1710. The number of carbonyl (C=O) groups excluding carboxylic acids is 3. The first-order valence-corrected chi connectivity index (χ1v) is 15.2. The maximum atomic E-state index is 14.4. The number of rotatable bonds is 6. The fourth-order valence-corrected chi connectivity index (χ4v) is 6.36. The number of piperidine rings is 1. The predicted molar refractivity (Wildman–Crippen MR) is 166 cm³/mol. The van der Waals surface area contributed by atoms with Crippen LogP contribution in [0.1, 0.15) is 81.1 Å². The van der Waals surface area contributed by atoms with Crippen molar-refractivity contribution in [3.8, 4) is 17.2 Å². The number of hydrogen-bond acceptors (Lipinski definition) is 11. The molecule has 0 aromatic heterocycles. The molecule has 0 spiro atoms. The Morgan fingerprint density at radius 1 is 0.891 bits per heavy atom. The summed E-state index contributed by atoms with van der Waals surface area (Å²) in [4.78, 5) is 40.5. The van der Waals surface area contributed by atoms with E-state index in [0.29, 0.717) is 25.9 Å². The van der Waals surface area contributed by atoms with Crippen LogP contribution < -0.4 is 14.8 Å². The van der Waals surface area contributed by atoms with Gasteiger partial charge in [0.05, 0.1) is 11.7 Å². The van der Waals surface area contributed by atoms with Crippen molar-refractivity contribution in [2.45, 2.75) is 63.3 Å². The molecule has 11 nitrogen and oxygen atoms in total. The Labute approximate surface area is 265 Å². The summed E-state index contributed by atoms with van der Waals surface area (Å²) in [6.45, 7) is 4.02. The lowest BCUT2D eigenvalue weighted by molar-refractivity contribution is -0.268. The van der Waals surface area contributed by atoms with Gasteiger partial charge in [-0.25, -0.2) is 0 Å². The van der Waals surface area contributed by atoms with E-state index in [-0.39, 0.29) is 50.8 Å². The molecule has 0 saturated carbocycles. The number of nitrogens with one attached hydrogen (secondary N) is 1. The lowest BCUT2D eigenvalue weighted by atomic mass is 9.77. The summed E-state index contributed by atoms with van der Waals surface area (Å²) in [6.07, 6.45) is -2.42. The highest BCUT2D eigenvalue weighted by Gasteiger charge is 2.45. The van der Waals surface area contributed by atoms with Crippen LogP contribution in [0.5, 0.6) is 17.2 Å². The second-order valence-corrected chi connectivity index (χ2v) is 11.8. The fraction of sp³-hybridized carbons (Fsp3) is 0.343. The molecule has 11 heteroatoms. The van der Waals surface area contributed by atoms with E-state index in [0.717, 1.165) is 5.56 Å². The number of aliphatic hydroxyl groups is 3. The molecule has 240 valence electrons. The number of aliphatic hydroxyl groups excluding tert-OH is 3. The van der Waals surface area contributed by atoms with Gasteiger partial charge in [-0.1, -0.05) is 36.4 Å². The van der Waals surface area contributed by atoms with Gasteiger partial charge in [-0.3, -0.25) is 14.4 Å². The molecule has 5 unspecified atom stereocenters. The maximum absolute atomic E-state index is 14.4. The number of carbonyl (C=O) groups is 3. The highest BCUT2D eigenvalue weighted by Crippen LogP contribution is 2.47. The van der Waals surface area contributed by atoms with Crippen LogP contribution in [0, 0.1) is 0 Å². The number of phenolic OH excluding ortho intramolecular Hbond substituents is 1. The van der Waals surface area contributed by atoms with Gasteiger partial charge in [0.15, 0.2) is 11.6 Å². The third-order valence-electron chi connectivity index (χ3n) is 8.75. The zero-order valence-corrected chi connectivity index (χ0v) is 25.3. The van der Waals surface area contributed by atoms with Crippen LogP contribution in [-0.4, -0.2) is 81.8 Å². The average Bonchev–Trinajstić information content (AvgIpc) is 3.04. The molecule has 6 rings (SSSR count). The van der Waals surface area contributed by atoms with Crippen molar-refractivity contribution in [2.24, 2.45) is 0 Å². The van der Waals surface area contributed by atoms with E-state index in [1.165, 1.54) is 32.0 Å². The second-order valence-electron chi connectivity index (χ2n) is 11.8. The number of benzene rings is 3. The highest BCUT2D eigenvalue weighted by atomic mass is 16.7. The molecule has 2 aliphatic heterocycles. The van der Waals surface area contributed by atoms with Gasteiger partial charge in [0.25, 0.3) is 0 Å². The Morgan fingerprint density at radius 2 is 1.59 bits per heavy atom. The van der Waals surface area contributed by atoms with Crippen LogP contribution in [0.15, 0.2) is 48.5 Å². The van der Waals surface area contributed by atoms with Gasteiger partial charge >= 0.3 is 5.97 Å². The van der Waals surface area contributed by atoms with Crippen LogP contribution in [-0.2, 0) is 9.53 Å². The Balaban J connectivity index is 1.51. The van der Waals surface area contributed by atoms with E-state index >= 15 is 0 Å². The number of phenols is 1. The second kappa shape index (κ2) is 12.8. The molecule has 0 bridgehead atoms. The Morgan fingerprint density at radius 3 is 2.28 bits per heavy atom. The Hall–Kier alpha value is -4.39. The summed E-state index contributed by atoms with van der Waals surface area (Å²) in [5.41, 5.74) is 1.01. The van der Waals surface area contributed by atoms with E-state index in [4.69, 9.17) is 14.2 Å². The van der Waals surface area contributed by atoms with E-state index in [1.54, 1.807) is 12.2 Å². The van der Waals surface area contributed by atoms with E-state index in [2.05, 4.69) is 5.32 Å². The molecule has 0 amide bonds. The Kier molecular flexibility index (Phi) is 8.78. The van der Waals surface area contributed by atoms with Gasteiger partial charge in [0.1, 0.15) is 35.6 Å². The van der Waals surface area contributed by atoms with E-state index in [1.807, 2.05) is 30.3 Å². The quantitative estimate of drug-likeness (QED) is 0.121. The first-order chi connectivity index (χ1) is 22.1. The lowest BCUT2D eigenvalue weighted by Gasteiger charge is -2.39. The minimum Gasteiger partial charge on any atom is -0.507 e. The van der Waals surface area contributed by atoms with Gasteiger partial charge in [0, 0.05) is 34.7 Å². The van der Waals surface area contributed by atoms with Gasteiger partial charge in [0.2, 0.25) is 6.29 Å². The SMILES string of the molecule is CC(=O)Oc1ccc2c(c1C=Cc1ccccc1)C(=O)c1cc(OC3OC(C)C(O)C(O)C3O)c(C3CCNCC3)c(O)c1C2=O. The molecular weight excluding hydrogens is 594 g/mol. The van der Waals surface area contributed by atoms with Crippen LogP contribution in [0.3, 0.4) is 0 Å². The number of esters is 1. The summed E-state index contributed by atoms with van der Waals surface area (Å²) in [5, 5.41) is 46.3. The number of aromatic hydroxyl groups is 1. The molecule has 3 aliphatic rings. The molecular formula is C35H35NO10. The largest absolute Gasteiger partial charge is 0.507 e. The standard InChI is InChI=1S/C35H35NO10/c1-17-29(38)33(42)34(43)35(44-17)46-25-16-23-28(32(41)26(25)20-12-14-36-15-13-20)30(39)22-10-11-24(45-18(2)37)21(27(22)31(23)40)9-8-19-6-4-3-5-7-19/h3-11,16-17,20,29,33-36,38,41-43H,12-15H2,1-2H3. The van der Waals surface area contributed by atoms with Crippen molar-refractivity contribution in [3.63, 3.8) is 0 Å². The zero-order chi connectivity index (χ0) is 32.7. The minimum atomic E-state index is -1.65. The predicted octanol–water partition coefficient (Wildman–Crippen LogP) is 2.94. The molecule has 3 aromatic rings. The summed E-state index contributed by atoms with van der Waals surface area (Å²) in [6, 6.07) is 13.5. The average molecular weight is 630 g/mol. The van der Waals surface area contributed by atoms with Gasteiger partial charge in [-0.2, -0.15) is 0 Å². The molecule has 2 heterocycles. The monoisotopic (exact) mass is 629 g/mol. The normalized spacial score (nSPS) is 24.8. The van der Waals surface area contributed by atoms with Gasteiger partial charge in [-0.15, -0.1) is 0 Å². The van der Waals surface area contributed by atoms with Crippen molar-refractivity contribution in [1.29, 1.82) is 0 Å². The summed E-state index contributed by atoms with van der Waals surface area (Å²) >= 11 is 0. The minimum absolute atomic E-state index is 0.00473. The van der Waals surface area contributed by atoms with Crippen LogP contribution in [0.2, 0.25) is 0 Å². The summed E-state index contributed by atoms with van der Waals surface area (Å²) in [5.74, 6) is -2.41. The molecule has 5 atom stereocenters. The summed E-state index contributed by atoms with van der Waals surface area (Å²) in [7, 11) is 0. The molecule has 1 aliphatic carbocycles. The fourth-order valence-electron chi connectivity index (χ4n) is 6.36. The lowest BCUT2D eigenvalue weighted by Crippen LogP contribution is -2.58. The number of ether oxygens (including phenoxy) is 3. The first kappa shape index (κ1) is 31.6. The third-order valence-corrected chi connectivity index (χ3v) is 8.75. The van der Waals surface area contributed by atoms with Crippen molar-refractivity contribution in [2.75, 3.05) is 13.1 Å². The number of ketones is 2.